The quantitative estimate of drug-likeness (QED) is 0.300. The van der Waals surface area contributed by atoms with Crippen LogP contribution in [0.25, 0.3) is 33.5 Å². The summed E-state index contributed by atoms with van der Waals surface area (Å²) in [5, 5.41) is 6.30. The molecule has 0 fully saturated rings. The molecule has 5 aromatic rings. The highest BCUT2D eigenvalue weighted by atomic mass is 35.5. The first-order chi connectivity index (χ1) is 16.1. The molecule has 0 aliphatic rings. The number of halogens is 1. The third-order valence-electron chi connectivity index (χ3n) is 5.44. The maximum Gasteiger partial charge on any atom is 0.282 e. The molecule has 166 valence electrons. The van der Waals surface area contributed by atoms with Crippen molar-refractivity contribution in [2.45, 2.75) is 13.8 Å². The fourth-order valence-corrected chi connectivity index (χ4v) is 3.93. The largest absolute Gasteiger partial charge is 0.453 e. The normalized spacial score (nSPS) is 11.7. The maximum atomic E-state index is 13.3. The first kappa shape index (κ1) is 21.0. The molecule has 0 saturated heterocycles. The van der Waals surface area contributed by atoms with Gasteiger partial charge in [0.2, 0.25) is 5.82 Å². The lowest BCUT2D eigenvalue weighted by Crippen LogP contribution is -2.21. The molecule has 33 heavy (non-hydrogen) atoms. The second-order valence-corrected chi connectivity index (χ2v) is 7.89. The average molecular weight is 461 g/mol. The zero-order valence-corrected chi connectivity index (χ0v) is 18.9. The van der Waals surface area contributed by atoms with E-state index in [2.05, 4.69) is 28.8 Å². The standard InChI is InChI=1S/C25H21ClN4O3/c1-3-29(4-2)23-12-10-18(32-23)15-27-30-24(28-20-8-6-5-7-19(20)25(30)31)22-14-16-13-17(26)9-11-21(16)33-22/h5-15H,3-4H2,1-2H3. The summed E-state index contributed by atoms with van der Waals surface area (Å²) in [5.41, 5.74) is 0.896. The summed E-state index contributed by atoms with van der Waals surface area (Å²) in [6.45, 7) is 5.78. The molecule has 0 aliphatic carbocycles. The van der Waals surface area contributed by atoms with Crippen LogP contribution in [0.5, 0.6) is 0 Å². The van der Waals surface area contributed by atoms with Crippen molar-refractivity contribution in [1.29, 1.82) is 0 Å². The van der Waals surface area contributed by atoms with Crippen LogP contribution in [0.4, 0.5) is 5.88 Å². The summed E-state index contributed by atoms with van der Waals surface area (Å²) in [5.74, 6) is 1.98. The number of rotatable bonds is 6. The van der Waals surface area contributed by atoms with Gasteiger partial charge in [-0.25, -0.2) is 4.98 Å². The van der Waals surface area contributed by atoms with Gasteiger partial charge in [-0.2, -0.15) is 9.78 Å². The third-order valence-corrected chi connectivity index (χ3v) is 5.68. The SMILES string of the molecule is CCN(CC)c1ccc(C=Nn2c(-c3cc4cc(Cl)ccc4o3)nc3ccccc3c2=O)o1. The Morgan fingerprint density at radius 1 is 1.06 bits per heavy atom. The molecule has 0 bridgehead atoms. The predicted molar refractivity (Wildman–Crippen MR) is 131 cm³/mol. The zero-order valence-electron chi connectivity index (χ0n) is 18.2. The summed E-state index contributed by atoms with van der Waals surface area (Å²) in [6.07, 6.45) is 1.51. The van der Waals surface area contributed by atoms with Gasteiger partial charge in [-0.05, 0) is 56.3 Å². The van der Waals surface area contributed by atoms with Crippen molar-refractivity contribution in [3.63, 3.8) is 0 Å². The maximum absolute atomic E-state index is 13.3. The summed E-state index contributed by atoms with van der Waals surface area (Å²) in [4.78, 5) is 20.1. The second-order valence-electron chi connectivity index (χ2n) is 7.46. The molecule has 0 unspecified atom stereocenters. The van der Waals surface area contributed by atoms with Gasteiger partial charge in [0.05, 0.1) is 17.1 Å². The Morgan fingerprint density at radius 2 is 1.88 bits per heavy atom. The minimum absolute atomic E-state index is 0.290. The van der Waals surface area contributed by atoms with Crippen molar-refractivity contribution in [3.8, 4) is 11.6 Å². The number of benzene rings is 2. The van der Waals surface area contributed by atoms with E-state index in [0.29, 0.717) is 33.0 Å². The minimum atomic E-state index is -0.305. The van der Waals surface area contributed by atoms with Crippen molar-refractivity contribution >= 4 is 45.6 Å². The van der Waals surface area contributed by atoms with Crippen molar-refractivity contribution in [2.24, 2.45) is 5.10 Å². The second kappa shape index (κ2) is 8.60. The first-order valence-corrected chi connectivity index (χ1v) is 11.1. The van der Waals surface area contributed by atoms with E-state index in [1.807, 2.05) is 18.2 Å². The van der Waals surface area contributed by atoms with E-state index in [-0.39, 0.29) is 11.4 Å². The Labute approximate surface area is 194 Å². The van der Waals surface area contributed by atoms with Crippen molar-refractivity contribution in [2.75, 3.05) is 18.0 Å². The smallest absolute Gasteiger partial charge is 0.282 e. The predicted octanol–water partition coefficient (Wildman–Crippen LogP) is 5.78. The highest BCUT2D eigenvalue weighted by molar-refractivity contribution is 6.31. The fraction of sp³-hybridized carbons (Fsp3) is 0.160. The van der Waals surface area contributed by atoms with Gasteiger partial charge in [-0.1, -0.05) is 23.7 Å². The molecule has 2 aromatic carbocycles. The molecule has 0 atom stereocenters. The summed E-state index contributed by atoms with van der Waals surface area (Å²) < 4.78 is 13.1. The van der Waals surface area contributed by atoms with Crippen LogP contribution in [0.1, 0.15) is 19.6 Å². The highest BCUT2D eigenvalue weighted by Crippen LogP contribution is 2.29. The molecule has 7 nitrogen and oxygen atoms in total. The van der Waals surface area contributed by atoms with Gasteiger partial charge in [0.15, 0.2) is 11.6 Å². The van der Waals surface area contributed by atoms with E-state index in [1.54, 1.807) is 42.5 Å². The molecule has 0 radical (unpaired) electrons. The summed E-state index contributed by atoms with van der Waals surface area (Å²) >= 11 is 6.12. The van der Waals surface area contributed by atoms with E-state index in [0.717, 1.165) is 24.4 Å². The Morgan fingerprint density at radius 3 is 2.70 bits per heavy atom. The Balaban J connectivity index is 1.65. The van der Waals surface area contributed by atoms with Crippen LogP contribution in [0.3, 0.4) is 0 Å². The Hall–Kier alpha value is -3.84. The number of furan rings is 2. The monoisotopic (exact) mass is 460 g/mol. The third kappa shape index (κ3) is 3.91. The van der Waals surface area contributed by atoms with Gasteiger partial charge < -0.3 is 13.7 Å². The lowest BCUT2D eigenvalue weighted by atomic mass is 10.2. The topological polar surface area (TPSA) is 76.8 Å². The molecule has 3 aromatic heterocycles. The van der Waals surface area contributed by atoms with Crippen LogP contribution >= 0.6 is 11.6 Å². The molecule has 8 heteroatoms. The number of hydrogen-bond acceptors (Lipinski definition) is 6. The van der Waals surface area contributed by atoms with Crippen LogP contribution in [-0.4, -0.2) is 29.0 Å². The number of anilines is 1. The van der Waals surface area contributed by atoms with Crippen molar-refractivity contribution < 1.29 is 8.83 Å². The number of hydrogen-bond donors (Lipinski definition) is 0. The first-order valence-electron chi connectivity index (χ1n) is 10.7. The van der Waals surface area contributed by atoms with E-state index < -0.39 is 0 Å². The Kier molecular flexibility index (Phi) is 5.48. The molecule has 3 heterocycles. The van der Waals surface area contributed by atoms with E-state index >= 15 is 0 Å². The van der Waals surface area contributed by atoms with Gasteiger partial charge in [-0.3, -0.25) is 4.79 Å². The van der Waals surface area contributed by atoms with Crippen LogP contribution in [0, 0.1) is 0 Å². The molecule has 0 aliphatic heterocycles. The fourth-order valence-electron chi connectivity index (χ4n) is 3.75. The molecular weight excluding hydrogens is 440 g/mol. The molecule has 0 saturated carbocycles. The zero-order chi connectivity index (χ0) is 22.9. The molecule has 5 rings (SSSR count). The lowest BCUT2D eigenvalue weighted by Gasteiger charge is -2.16. The molecule has 0 spiro atoms. The Bertz CT molecular complexity index is 1540. The van der Waals surface area contributed by atoms with Gasteiger partial charge >= 0.3 is 0 Å². The van der Waals surface area contributed by atoms with Crippen LogP contribution in [0.15, 0.2) is 79.4 Å². The van der Waals surface area contributed by atoms with Crippen molar-refractivity contribution in [3.05, 3.63) is 81.8 Å². The summed E-state index contributed by atoms with van der Waals surface area (Å²) in [6, 6.07) is 18.0. The average Bonchev–Trinajstić information content (AvgIpc) is 3.46. The minimum Gasteiger partial charge on any atom is -0.453 e. The van der Waals surface area contributed by atoms with Gasteiger partial charge in [0.1, 0.15) is 11.3 Å². The van der Waals surface area contributed by atoms with Crippen LogP contribution in [-0.2, 0) is 0 Å². The van der Waals surface area contributed by atoms with Crippen LogP contribution < -0.4 is 10.5 Å². The van der Waals surface area contributed by atoms with Gasteiger partial charge in [-0.15, -0.1) is 0 Å². The summed E-state index contributed by atoms with van der Waals surface area (Å²) in [7, 11) is 0. The molecule has 0 amide bonds. The van der Waals surface area contributed by atoms with Crippen molar-refractivity contribution in [1.82, 2.24) is 9.66 Å². The van der Waals surface area contributed by atoms with E-state index in [1.165, 1.54) is 10.9 Å². The van der Waals surface area contributed by atoms with E-state index in [9.17, 15) is 4.79 Å². The molecular formula is C25H21ClN4O3. The highest BCUT2D eigenvalue weighted by Gasteiger charge is 2.17. The molecule has 0 N–H and O–H groups in total. The number of para-hydroxylation sites is 1. The van der Waals surface area contributed by atoms with Crippen LogP contribution in [0.2, 0.25) is 5.02 Å². The van der Waals surface area contributed by atoms with Gasteiger partial charge in [0, 0.05) is 29.6 Å². The van der Waals surface area contributed by atoms with E-state index in [4.69, 9.17) is 20.4 Å². The number of nitrogens with zero attached hydrogens (tertiary/aromatic N) is 4. The lowest BCUT2D eigenvalue weighted by molar-refractivity contribution is 0.543. The number of fused-ring (bicyclic) bond motifs is 2. The van der Waals surface area contributed by atoms with Gasteiger partial charge in [0.25, 0.3) is 5.56 Å². The number of aromatic nitrogens is 2.